The zero-order valence-corrected chi connectivity index (χ0v) is 7.16. The van der Waals surface area contributed by atoms with E-state index in [1.165, 1.54) is 0 Å². The van der Waals surface area contributed by atoms with E-state index in [4.69, 9.17) is 4.74 Å². The van der Waals surface area contributed by atoms with Crippen molar-refractivity contribution in [3.05, 3.63) is 30.6 Å². The van der Waals surface area contributed by atoms with Crippen LogP contribution in [0, 0.1) is 0 Å². The lowest BCUT2D eigenvalue weighted by Crippen LogP contribution is -1.84. The van der Waals surface area contributed by atoms with Crippen LogP contribution in [0.5, 0.6) is 0 Å². The van der Waals surface area contributed by atoms with Crippen molar-refractivity contribution in [3.8, 4) is 0 Å². The minimum atomic E-state index is 0.844. The van der Waals surface area contributed by atoms with Gasteiger partial charge in [-0.15, -0.1) is 0 Å². The van der Waals surface area contributed by atoms with E-state index in [9.17, 15) is 0 Å². The lowest BCUT2D eigenvalue weighted by molar-refractivity contribution is 0.162. The van der Waals surface area contributed by atoms with Crippen molar-refractivity contribution in [2.75, 3.05) is 13.2 Å². The van der Waals surface area contributed by atoms with Gasteiger partial charge < -0.3 is 4.74 Å². The summed E-state index contributed by atoms with van der Waals surface area (Å²) in [5.74, 6) is 0. The Balaban J connectivity index is 0.000000187. The maximum absolute atomic E-state index is 4.83. The number of ether oxygens (including phenoxy) is 1. The van der Waals surface area contributed by atoms with Gasteiger partial charge in [-0.25, -0.2) is 0 Å². The number of aromatic nitrogens is 1. The molecule has 1 aromatic rings. The number of hydrogen-bond acceptors (Lipinski definition) is 2. The minimum absolute atomic E-state index is 0.844. The molecule has 0 saturated carbocycles. The summed E-state index contributed by atoms with van der Waals surface area (Å²) >= 11 is 0. The zero-order valence-electron chi connectivity index (χ0n) is 7.16. The van der Waals surface area contributed by atoms with E-state index >= 15 is 0 Å². The van der Waals surface area contributed by atoms with Crippen LogP contribution in [0.25, 0.3) is 0 Å². The summed E-state index contributed by atoms with van der Waals surface area (Å²) < 4.78 is 4.83. The van der Waals surface area contributed by atoms with Crippen molar-refractivity contribution in [1.82, 2.24) is 4.98 Å². The molecular weight excluding hydrogens is 138 g/mol. The van der Waals surface area contributed by atoms with E-state index in [0.717, 1.165) is 13.2 Å². The highest BCUT2D eigenvalue weighted by atomic mass is 16.5. The second-order valence-corrected chi connectivity index (χ2v) is 1.81. The predicted octanol–water partition coefficient (Wildman–Crippen LogP) is 2.12. The smallest absolute Gasteiger partial charge is 0.0437 e. The number of pyridine rings is 1. The van der Waals surface area contributed by atoms with Crippen molar-refractivity contribution in [3.63, 3.8) is 0 Å². The third kappa shape index (κ3) is 9.11. The Morgan fingerprint density at radius 2 is 1.55 bits per heavy atom. The monoisotopic (exact) mass is 153 g/mol. The normalized spacial score (nSPS) is 8.18. The first-order valence-electron chi connectivity index (χ1n) is 3.84. The molecule has 1 heterocycles. The molecule has 0 aliphatic heterocycles. The SMILES string of the molecule is CCOCC.c1ccncc1. The predicted molar refractivity (Wildman–Crippen MR) is 46.4 cm³/mol. The first-order chi connectivity index (χ1) is 5.41. The zero-order chi connectivity index (χ0) is 8.36. The molecule has 2 nitrogen and oxygen atoms in total. The Hall–Kier alpha value is -0.890. The molecule has 0 aliphatic rings. The maximum atomic E-state index is 4.83. The standard InChI is InChI=1S/C5H5N.C4H10O/c1-2-4-6-5-3-1;1-3-5-4-2/h1-5H;3-4H2,1-2H3. The molecule has 1 aromatic heterocycles. The molecular formula is C9H15NO. The molecule has 0 atom stereocenters. The van der Waals surface area contributed by atoms with Crippen molar-refractivity contribution < 1.29 is 4.74 Å². The van der Waals surface area contributed by atoms with Gasteiger partial charge in [0.05, 0.1) is 0 Å². The summed E-state index contributed by atoms with van der Waals surface area (Å²) in [6.45, 7) is 5.67. The van der Waals surface area contributed by atoms with Gasteiger partial charge in [0.15, 0.2) is 0 Å². The van der Waals surface area contributed by atoms with Crippen LogP contribution in [0.4, 0.5) is 0 Å². The summed E-state index contributed by atoms with van der Waals surface area (Å²) in [5.41, 5.74) is 0. The largest absolute Gasteiger partial charge is 0.382 e. The van der Waals surface area contributed by atoms with E-state index in [1.54, 1.807) is 12.4 Å². The molecule has 1 rings (SSSR count). The summed E-state index contributed by atoms with van der Waals surface area (Å²) in [6.07, 6.45) is 3.50. The Morgan fingerprint density at radius 3 is 1.64 bits per heavy atom. The molecule has 0 fully saturated rings. The molecule has 0 spiro atoms. The molecule has 0 radical (unpaired) electrons. The number of rotatable bonds is 2. The van der Waals surface area contributed by atoms with Crippen molar-refractivity contribution in [2.45, 2.75) is 13.8 Å². The van der Waals surface area contributed by atoms with Crippen molar-refractivity contribution >= 4 is 0 Å². The molecule has 0 aliphatic carbocycles. The second-order valence-electron chi connectivity index (χ2n) is 1.81. The van der Waals surface area contributed by atoms with Crippen LogP contribution < -0.4 is 0 Å². The van der Waals surface area contributed by atoms with Gasteiger partial charge in [-0.3, -0.25) is 4.98 Å². The highest BCUT2D eigenvalue weighted by Crippen LogP contribution is 1.73. The average molecular weight is 153 g/mol. The minimum Gasteiger partial charge on any atom is -0.382 e. The Bertz CT molecular complexity index is 113. The van der Waals surface area contributed by atoms with Crippen LogP contribution in [0.15, 0.2) is 30.6 Å². The highest BCUT2D eigenvalue weighted by Gasteiger charge is 1.64. The van der Waals surface area contributed by atoms with Crippen molar-refractivity contribution in [2.24, 2.45) is 0 Å². The summed E-state index contributed by atoms with van der Waals surface area (Å²) in [7, 11) is 0. The van der Waals surface area contributed by atoms with Crippen LogP contribution in [-0.2, 0) is 4.74 Å². The fourth-order valence-electron chi connectivity index (χ4n) is 0.517. The Morgan fingerprint density at radius 1 is 1.00 bits per heavy atom. The number of hydrogen-bond donors (Lipinski definition) is 0. The fraction of sp³-hybridized carbons (Fsp3) is 0.444. The van der Waals surface area contributed by atoms with Crippen LogP contribution in [0.3, 0.4) is 0 Å². The Labute approximate surface area is 68.2 Å². The molecule has 62 valence electrons. The quantitative estimate of drug-likeness (QED) is 0.649. The van der Waals surface area contributed by atoms with Crippen LogP contribution in [-0.4, -0.2) is 18.2 Å². The maximum Gasteiger partial charge on any atom is 0.0437 e. The van der Waals surface area contributed by atoms with Gasteiger partial charge in [0.25, 0.3) is 0 Å². The van der Waals surface area contributed by atoms with Crippen LogP contribution in [0.1, 0.15) is 13.8 Å². The van der Waals surface area contributed by atoms with E-state index in [-0.39, 0.29) is 0 Å². The van der Waals surface area contributed by atoms with Crippen LogP contribution in [0.2, 0.25) is 0 Å². The van der Waals surface area contributed by atoms with E-state index < -0.39 is 0 Å². The van der Waals surface area contributed by atoms with Gasteiger partial charge >= 0.3 is 0 Å². The van der Waals surface area contributed by atoms with Gasteiger partial charge in [-0.2, -0.15) is 0 Å². The highest BCUT2D eigenvalue weighted by molar-refractivity contribution is 4.88. The summed E-state index contributed by atoms with van der Waals surface area (Å²) in [6, 6.07) is 5.72. The lowest BCUT2D eigenvalue weighted by Gasteiger charge is -1.86. The molecule has 11 heavy (non-hydrogen) atoms. The van der Waals surface area contributed by atoms with Gasteiger partial charge in [0.1, 0.15) is 0 Å². The van der Waals surface area contributed by atoms with Crippen molar-refractivity contribution in [1.29, 1.82) is 0 Å². The first-order valence-corrected chi connectivity index (χ1v) is 3.84. The number of nitrogens with zero attached hydrogens (tertiary/aromatic N) is 1. The topological polar surface area (TPSA) is 22.1 Å². The molecule has 0 unspecified atom stereocenters. The molecule has 0 amide bonds. The van der Waals surface area contributed by atoms with Gasteiger partial charge in [-0.1, -0.05) is 6.07 Å². The molecule has 2 heteroatoms. The third-order valence-corrected chi connectivity index (χ3v) is 0.975. The lowest BCUT2D eigenvalue weighted by atomic mass is 10.5. The Kier molecular flexibility index (Phi) is 8.37. The molecule has 0 saturated heterocycles. The van der Waals surface area contributed by atoms with E-state index in [0.29, 0.717) is 0 Å². The van der Waals surface area contributed by atoms with Gasteiger partial charge in [0, 0.05) is 25.6 Å². The first kappa shape index (κ1) is 10.1. The fourth-order valence-corrected chi connectivity index (χ4v) is 0.517. The molecule has 0 aromatic carbocycles. The van der Waals surface area contributed by atoms with E-state index in [1.807, 2.05) is 32.0 Å². The molecule has 0 bridgehead atoms. The van der Waals surface area contributed by atoms with Gasteiger partial charge in [-0.05, 0) is 26.0 Å². The average Bonchev–Trinajstić information content (AvgIpc) is 2.10. The van der Waals surface area contributed by atoms with Gasteiger partial charge in [0.2, 0.25) is 0 Å². The van der Waals surface area contributed by atoms with E-state index in [2.05, 4.69) is 4.98 Å². The summed E-state index contributed by atoms with van der Waals surface area (Å²) in [4.78, 5) is 3.78. The molecule has 0 N–H and O–H groups in total. The second kappa shape index (κ2) is 9.11. The third-order valence-electron chi connectivity index (χ3n) is 0.975. The van der Waals surface area contributed by atoms with Crippen LogP contribution >= 0.6 is 0 Å². The summed E-state index contributed by atoms with van der Waals surface area (Å²) in [5, 5.41) is 0.